The van der Waals surface area contributed by atoms with Crippen LogP contribution in [0.1, 0.15) is 51.0 Å². The summed E-state index contributed by atoms with van der Waals surface area (Å²) in [6, 6.07) is 8.23. The molecule has 0 aromatic heterocycles. The maximum atomic E-state index is 12.8. The van der Waals surface area contributed by atoms with Crippen molar-refractivity contribution in [2.45, 2.75) is 58.4 Å². The van der Waals surface area contributed by atoms with Crippen LogP contribution in [-0.2, 0) is 4.79 Å². The number of aryl methyl sites for hydroxylation is 1. The summed E-state index contributed by atoms with van der Waals surface area (Å²) in [6.07, 6.45) is 9.44. The number of nitrogens with one attached hydrogen (secondary N) is 2. The highest BCUT2D eigenvalue weighted by Gasteiger charge is 2.53. The highest BCUT2D eigenvalue weighted by atomic mass is 127. The average molecular weight is 489 g/mol. The Hall–Kier alpha value is -1.55. The largest absolute Gasteiger partial charge is 0.360 e. The summed E-state index contributed by atoms with van der Waals surface area (Å²) in [7, 11) is 0. The zero-order valence-corrected chi connectivity index (χ0v) is 18.8. The van der Waals surface area contributed by atoms with Crippen molar-refractivity contribution in [2.75, 3.05) is 5.32 Å². The van der Waals surface area contributed by atoms with Crippen molar-refractivity contribution in [3.8, 4) is 6.07 Å². The van der Waals surface area contributed by atoms with Gasteiger partial charge < -0.3 is 10.6 Å². The van der Waals surface area contributed by atoms with Crippen LogP contribution in [-0.4, -0.2) is 11.9 Å². The third kappa shape index (κ3) is 3.80. The Kier molecular flexibility index (Phi) is 5.43. The van der Waals surface area contributed by atoms with E-state index in [2.05, 4.69) is 52.3 Å². The van der Waals surface area contributed by atoms with Gasteiger partial charge in [0.1, 0.15) is 11.6 Å². The number of carbonyl (C=O) groups excluding carboxylic acids is 1. The first kappa shape index (κ1) is 19.8. The second-order valence-electron chi connectivity index (χ2n) is 9.25. The van der Waals surface area contributed by atoms with E-state index >= 15 is 0 Å². The second-order valence-corrected chi connectivity index (χ2v) is 10.5. The molecule has 1 aromatic rings. The zero-order valence-electron chi connectivity index (χ0n) is 16.6. The van der Waals surface area contributed by atoms with E-state index in [4.69, 9.17) is 0 Å². The molecule has 0 radical (unpaired) electrons. The molecule has 148 valence electrons. The summed E-state index contributed by atoms with van der Waals surface area (Å²) < 4.78 is 1.16. The fourth-order valence-electron chi connectivity index (χ4n) is 6.22. The molecular formula is C23H28IN3O. The number of hydrogen-bond acceptors (Lipinski definition) is 3. The third-order valence-corrected chi connectivity index (χ3v) is 7.95. The number of anilines is 1. The minimum absolute atomic E-state index is 0.116. The molecule has 5 heteroatoms. The summed E-state index contributed by atoms with van der Waals surface area (Å²) >= 11 is 2.27. The summed E-state index contributed by atoms with van der Waals surface area (Å²) in [6.45, 7) is 4.16. The number of carbonyl (C=O) groups is 1. The third-order valence-electron chi connectivity index (χ3n) is 7.28. The van der Waals surface area contributed by atoms with Crippen LogP contribution in [0.25, 0.3) is 0 Å². The molecule has 4 fully saturated rings. The number of amides is 1. The van der Waals surface area contributed by atoms with Gasteiger partial charge in [-0.3, -0.25) is 4.79 Å². The van der Waals surface area contributed by atoms with Gasteiger partial charge in [-0.25, -0.2) is 0 Å². The SMILES string of the molecule is Cc1cc(I)ccc1N/C=C(/C#N)C(=O)NC(C)C12CC3CC(CC(C3)C1)C2. The van der Waals surface area contributed by atoms with Gasteiger partial charge in [-0.1, -0.05) is 0 Å². The van der Waals surface area contributed by atoms with E-state index < -0.39 is 0 Å². The second kappa shape index (κ2) is 7.70. The number of nitriles is 1. The lowest BCUT2D eigenvalue weighted by Crippen LogP contribution is -2.56. The highest BCUT2D eigenvalue weighted by molar-refractivity contribution is 14.1. The Morgan fingerprint density at radius 2 is 1.86 bits per heavy atom. The summed E-state index contributed by atoms with van der Waals surface area (Å²) in [5, 5.41) is 15.8. The molecule has 1 atom stereocenters. The lowest BCUT2D eigenvalue weighted by atomic mass is 9.48. The molecule has 2 N–H and O–H groups in total. The van der Waals surface area contributed by atoms with Gasteiger partial charge in [0.2, 0.25) is 0 Å². The van der Waals surface area contributed by atoms with Crippen LogP contribution in [0, 0.1) is 45.0 Å². The summed E-state index contributed by atoms with van der Waals surface area (Å²) in [5.74, 6) is 2.28. The Bertz CT molecular complexity index is 819. The molecule has 4 nitrogen and oxygen atoms in total. The summed E-state index contributed by atoms with van der Waals surface area (Å²) in [4.78, 5) is 12.8. The topological polar surface area (TPSA) is 64.9 Å². The van der Waals surface area contributed by atoms with Crippen molar-refractivity contribution in [3.63, 3.8) is 0 Å². The number of nitrogens with zero attached hydrogens (tertiary/aromatic N) is 1. The molecule has 4 aliphatic carbocycles. The van der Waals surface area contributed by atoms with Gasteiger partial charge in [-0.15, -0.1) is 0 Å². The van der Waals surface area contributed by atoms with E-state index in [9.17, 15) is 10.1 Å². The lowest BCUT2D eigenvalue weighted by molar-refractivity contribution is -0.122. The van der Waals surface area contributed by atoms with Crippen LogP contribution in [0.15, 0.2) is 30.0 Å². The quantitative estimate of drug-likeness (QED) is 0.342. The smallest absolute Gasteiger partial charge is 0.263 e. The van der Waals surface area contributed by atoms with Gasteiger partial charge in [0.15, 0.2) is 0 Å². The van der Waals surface area contributed by atoms with Crippen molar-refractivity contribution >= 4 is 34.2 Å². The van der Waals surface area contributed by atoms with Crippen LogP contribution in [0.5, 0.6) is 0 Å². The molecule has 0 spiro atoms. The minimum atomic E-state index is -0.263. The zero-order chi connectivity index (χ0) is 19.9. The van der Waals surface area contributed by atoms with Crippen molar-refractivity contribution in [1.29, 1.82) is 5.26 Å². The van der Waals surface area contributed by atoms with E-state index in [0.717, 1.165) is 32.6 Å². The first-order chi connectivity index (χ1) is 13.4. The van der Waals surface area contributed by atoms with Crippen LogP contribution in [0.2, 0.25) is 0 Å². The number of halogens is 1. The minimum Gasteiger partial charge on any atom is -0.360 e. The molecular weight excluding hydrogens is 461 g/mol. The molecule has 1 amide bonds. The van der Waals surface area contributed by atoms with Crippen molar-refractivity contribution in [3.05, 3.63) is 39.1 Å². The molecule has 0 saturated heterocycles. The fourth-order valence-corrected chi connectivity index (χ4v) is 6.87. The van der Waals surface area contributed by atoms with E-state index in [1.807, 2.05) is 19.1 Å². The molecule has 4 aliphatic rings. The van der Waals surface area contributed by atoms with E-state index in [-0.39, 0.29) is 22.9 Å². The van der Waals surface area contributed by atoms with Crippen LogP contribution >= 0.6 is 22.6 Å². The van der Waals surface area contributed by atoms with Crippen LogP contribution in [0.4, 0.5) is 5.69 Å². The monoisotopic (exact) mass is 489 g/mol. The molecule has 28 heavy (non-hydrogen) atoms. The Labute approximate surface area is 181 Å². The molecule has 0 aliphatic heterocycles. The first-order valence-electron chi connectivity index (χ1n) is 10.3. The van der Waals surface area contributed by atoms with Gasteiger partial charge >= 0.3 is 0 Å². The van der Waals surface area contributed by atoms with Gasteiger partial charge in [-0.2, -0.15) is 5.26 Å². The summed E-state index contributed by atoms with van der Waals surface area (Å²) in [5.41, 5.74) is 2.37. The van der Waals surface area contributed by atoms with Gasteiger partial charge in [0.25, 0.3) is 5.91 Å². The van der Waals surface area contributed by atoms with Crippen LogP contribution in [0.3, 0.4) is 0 Å². The molecule has 4 bridgehead atoms. The molecule has 4 saturated carbocycles. The van der Waals surface area contributed by atoms with E-state index in [1.165, 1.54) is 44.7 Å². The van der Waals surface area contributed by atoms with Gasteiger partial charge in [-0.05, 0) is 122 Å². The van der Waals surface area contributed by atoms with Crippen molar-refractivity contribution in [1.82, 2.24) is 5.32 Å². The number of rotatable bonds is 5. The predicted molar refractivity (Wildman–Crippen MR) is 119 cm³/mol. The molecule has 1 aromatic carbocycles. The molecule has 1 unspecified atom stereocenters. The maximum absolute atomic E-state index is 12.8. The first-order valence-corrected chi connectivity index (χ1v) is 11.4. The fraction of sp³-hybridized carbons (Fsp3) is 0.565. The average Bonchev–Trinajstić information content (AvgIpc) is 2.62. The Balaban J connectivity index is 1.43. The molecule has 0 heterocycles. The van der Waals surface area contributed by atoms with Gasteiger partial charge in [0, 0.05) is 21.5 Å². The predicted octanol–water partition coefficient (Wildman–Crippen LogP) is 5.14. The lowest BCUT2D eigenvalue weighted by Gasteiger charge is -2.59. The van der Waals surface area contributed by atoms with Crippen molar-refractivity contribution < 1.29 is 4.79 Å². The van der Waals surface area contributed by atoms with E-state index in [0.29, 0.717) is 0 Å². The number of hydrogen-bond donors (Lipinski definition) is 2. The van der Waals surface area contributed by atoms with Gasteiger partial charge in [0.05, 0.1) is 0 Å². The van der Waals surface area contributed by atoms with E-state index in [1.54, 1.807) is 0 Å². The Morgan fingerprint density at radius 3 is 2.39 bits per heavy atom. The maximum Gasteiger partial charge on any atom is 0.263 e. The number of benzene rings is 1. The normalized spacial score (nSPS) is 31.9. The van der Waals surface area contributed by atoms with Crippen LogP contribution < -0.4 is 10.6 Å². The molecule has 5 rings (SSSR count). The van der Waals surface area contributed by atoms with Crippen molar-refractivity contribution in [2.24, 2.45) is 23.2 Å². The standard InChI is InChI=1S/C23H28IN3O/c1-14-5-20(24)3-4-21(14)26-13-19(12-25)22(28)27-15(2)23-9-16-6-17(10-23)8-18(7-16)11-23/h3-5,13,15-18,26H,6-11H2,1-2H3,(H,27,28)/b19-13-. The Morgan fingerprint density at radius 1 is 1.25 bits per heavy atom. The highest BCUT2D eigenvalue weighted by Crippen LogP contribution is 2.61.